The van der Waals surface area contributed by atoms with Gasteiger partial charge in [0, 0.05) is 18.5 Å². The van der Waals surface area contributed by atoms with Gasteiger partial charge in [-0.2, -0.15) is 0 Å². The molecule has 2 fully saturated rings. The minimum Gasteiger partial charge on any atom is -0.370 e. The number of halogens is 2. The van der Waals surface area contributed by atoms with Crippen LogP contribution >= 0.6 is 24.0 Å². The van der Waals surface area contributed by atoms with Crippen molar-refractivity contribution < 1.29 is 4.39 Å². The average molecular weight is 431 g/mol. The molecule has 1 aromatic rings. The number of nitrogens with two attached hydrogens (primary N) is 1. The second kappa shape index (κ2) is 7.81. The van der Waals surface area contributed by atoms with Crippen LogP contribution in [-0.2, 0) is 5.41 Å². The van der Waals surface area contributed by atoms with E-state index in [0.717, 1.165) is 12.8 Å². The van der Waals surface area contributed by atoms with E-state index >= 15 is 0 Å². The fourth-order valence-electron chi connectivity index (χ4n) is 3.56. The predicted octanol–water partition coefficient (Wildman–Crippen LogP) is 4.05. The Morgan fingerprint density at radius 1 is 1.22 bits per heavy atom. The Balaban J connectivity index is 0.00000192. The Morgan fingerprint density at radius 2 is 1.83 bits per heavy atom. The van der Waals surface area contributed by atoms with Crippen LogP contribution in [0, 0.1) is 5.82 Å². The van der Waals surface area contributed by atoms with Gasteiger partial charge in [0.1, 0.15) is 5.82 Å². The summed E-state index contributed by atoms with van der Waals surface area (Å²) in [6.07, 6.45) is 8.37. The van der Waals surface area contributed by atoms with Crippen LogP contribution in [0.5, 0.6) is 0 Å². The zero-order valence-electron chi connectivity index (χ0n) is 13.8. The average Bonchev–Trinajstić information content (AvgIpc) is 3.38. The molecule has 2 saturated carbocycles. The van der Waals surface area contributed by atoms with E-state index < -0.39 is 0 Å². The molecule has 128 valence electrons. The molecule has 2 N–H and O–H groups in total. The summed E-state index contributed by atoms with van der Waals surface area (Å²) in [5, 5.41) is 0. The summed E-state index contributed by atoms with van der Waals surface area (Å²) in [6.45, 7) is 0.710. The molecule has 0 amide bonds. The maximum Gasteiger partial charge on any atom is 0.191 e. The standard InChI is InChI=1S/C18H26FN3.HI/c1-22(16-9-10-16)17(20)21-13-18(11-3-2-4-12-18)14-5-7-15(19)8-6-14;/h5-8,16H,2-4,9-13H2,1H3,(H2,20,21);1H. The molecule has 1 aromatic carbocycles. The Morgan fingerprint density at radius 3 is 2.39 bits per heavy atom. The van der Waals surface area contributed by atoms with Crippen LogP contribution in [-0.4, -0.2) is 30.5 Å². The highest BCUT2D eigenvalue weighted by Crippen LogP contribution is 2.40. The Hall–Kier alpha value is -0.850. The first-order valence-electron chi connectivity index (χ1n) is 8.40. The van der Waals surface area contributed by atoms with Gasteiger partial charge in [-0.15, -0.1) is 24.0 Å². The van der Waals surface area contributed by atoms with Crippen molar-refractivity contribution in [2.75, 3.05) is 13.6 Å². The number of aliphatic imine (C=N–C) groups is 1. The Kier molecular flexibility index (Phi) is 6.28. The van der Waals surface area contributed by atoms with Crippen LogP contribution in [0.1, 0.15) is 50.5 Å². The zero-order chi connectivity index (χ0) is 15.6. The third kappa shape index (κ3) is 4.37. The fourth-order valence-corrected chi connectivity index (χ4v) is 3.56. The van der Waals surface area contributed by atoms with Gasteiger partial charge in [-0.1, -0.05) is 31.4 Å². The molecule has 0 aliphatic heterocycles. The SMILES string of the molecule is CN(C(N)=NCC1(c2ccc(F)cc2)CCCCC1)C1CC1.I. The lowest BCUT2D eigenvalue weighted by Crippen LogP contribution is -2.38. The lowest BCUT2D eigenvalue weighted by Gasteiger charge is -2.37. The molecule has 3 nitrogen and oxygen atoms in total. The number of rotatable bonds is 4. The monoisotopic (exact) mass is 431 g/mol. The molecule has 0 aromatic heterocycles. The highest BCUT2D eigenvalue weighted by atomic mass is 127. The van der Waals surface area contributed by atoms with E-state index in [0.29, 0.717) is 18.5 Å². The van der Waals surface area contributed by atoms with Gasteiger partial charge < -0.3 is 10.6 Å². The number of hydrogen-bond donors (Lipinski definition) is 1. The van der Waals surface area contributed by atoms with E-state index in [9.17, 15) is 4.39 Å². The first-order valence-corrected chi connectivity index (χ1v) is 8.40. The highest BCUT2D eigenvalue weighted by molar-refractivity contribution is 14.0. The van der Waals surface area contributed by atoms with Crippen molar-refractivity contribution in [3.05, 3.63) is 35.6 Å². The molecular weight excluding hydrogens is 404 g/mol. The van der Waals surface area contributed by atoms with Crippen molar-refractivity contribution in [2.24, 2.45) is 10.7 Å². The van der Waals surface area contributed by atoms with E-state index in [1.54, 1.807) is 12.1 Å². The molecule has 5 heteroatoms. The molecule has 2 aliphatic rings. The summed E-state index contributed by atoms with van der Waals surface area (Å²) >= 11 is 0. The molecule has 0 bridgehead atoms. The molecule has 2 aliphatic carbocycles. The van der Waals surface area contributed by atoms with Crippen LogP contribution in [0.25, 0.3) is 0 Å². The normalized spacial score (nSPS) is 20.7. The third-order valence-electron chi connectivity index (χ3n) is 5.27. The topological polar surface area (TPSA) is 41.6 Å². The molecule has 0 heterocycles. The molecule has 0 atom stereocenters. The van der Waals surface area contributed by atoms with Gasteiger partial charge in [-0.05, 0) is 43.4 Å². The second-order valence-electron chi connectivity index (χ2n) is 6.86. The van der Waals surface area contributed by atoms with Gasteiger partial charge >= 0.3 is 0 Å². The van der Waals surface area contributed by atoms with Gasteiger partial charge in [0.15, 0.2) is 5.96 Å². The van der Waals surface area contributed by atoms with Crippen LogP contribution in [0.15, 0.2) is 29.3 Å². The maximum atomic E-state index is 13.2. The highest BCUT2D eigenvalue weighted by Gasteiger charge is 2.34. The summed E-state index contributed by atoms with van der Waals surface area (Å²) in [5.74, 6) is 0.473. The predicted molar refractivity (Wildman–Crippen MR) is 104 cm³/mol. The summed E-state index contributed by atoms with van der Waals surface area (Å²) in [7, 11) is 2.03. The molecule has 23 heavy (non-hydrogen) atoms. The summed E-state index contributed by atoms with van der Waals surface area (Å²) in [5.41, 5.74) is 7.39. The van der Waals surface area contributed by atoms with Gasteiger partial charge in [0.25, 0.3) is 0 Å². The van der Waals surface area contributed by atoms with Crippen LogP contribution in [0.3, 0.4) is 0 Å². The minimum atomic E-state index is -0.175. The Bertz CT molecular complexity index is 534. The molecular formula is C18H27FIN3. The molecule has 0 saturated heterocycles. The van der Waals surface area contributed by atoms with Crippen molar-refractivity contribution in [2.45, 2.75) is 56.4 Å². The zero-order valence-corrected chi connectivity index (χ0v) is 16.1. The minimum absolute atomic E-state index is 0. The fraction of sp³-hybridized carbons (Fsp3) is 0.611. The van der Waals surface area contributed by atoms with E-state index in [4.69, 9.17) is 10.7 Å². The van der Waals surface area contributed by atoms with Gasteiger partial charge in [0.2, 0.25) is 0 Å². The Labute approximate surface area is 155 Å². The van der Waals surface area contributed by atoms with Crippen molar-refractivity contribution in [3.63, 3.8) is 0 Å². The first-order chi connectivity index (χ1) is 10.6. The summed E-state index contributed by atoms with van der Waals surface area (Å²) < 4.78 is 13.2. The molecule has 0 unspecified atom stereocenters. The van der Waals surface area contributed by atoms with E-state index in [2.05, 4.69) is 4.90 Å². The second-order valence-corrected chi connectivity index (χ2v) is 6.86. The number of guanidine groups is 1. The number of hydrogen-bond acceptors (Lipinski definition) is 1. The largest absolute Gasteiger partial charge is 0.370 e. The van der Waals surface area contributed by atoms with E-state index in [1.807, 2.05) is 19.2 Å². The molecule has 0 radical (unpaired) electrons. The van der Waals surface area contributed by atoms with Gasteiger partial charge in [-0.3, -0.25) is 4.99 Å². The van der Waals surface area contributed by atoms with Gasteiger partial charge in [0.05, 0.1) is 6.54 Å². The molecule has 0 spiro atoms. The summed E-state index contributed by atoms with van der Waals surface area (Å²) in [4.78, 5) is 6.80. The summed E-state index contributed by atoms with van der Waals surface area (Å²) in [6, 6.07) is 7.56. The molecule has 3 rings (SSSR count). The van der Waals surface area contributed by atoms with Crippen molar-refractivity contribution in [1.82, 2.24) is 4.90 Å². The van der Waals surface area contributed by atoms with Gasteiger partial charge in [-0.25, -0.2) is 4.39 Å². The van der Waals surface area contributed by atoms with Crippen LogP contribution in [0.4, 0.5) is 4.39 Å². The smallest absolute Gasteiger partial charge is 0.191 e. The third-order valence-corrected chi connectivity index (χ3v) is 5.27. The van der Waals surface area contributed by atoms with Crippen molar-refractivity contribution in [1.29, 1.82) is 0 Å². The van der Waals surface area contributed by atoms with E-state index in [-0.39, 0.29) is 35.2 Å². The maximum absolute atomic E-state index is 13.2. The van der Waals surface area contributed by atoms with Crippen molar-refractivity contribution in [3.8, 4) is 0 Å². The lowest BCUT2D eigenvalue weighted by molar-refractivity contribution is 0.300. The van der Waals surface area contributed by atoms with Crippen LogP contribution < -0.4 is 5.73 Å². The lowest BCUT2D eigenvalue weighted by atomic mass is 9.69. The van der Waals surface area contributed by atoms with E-state index in [1.165, 1.54) is 37.7 Å². The number of nitrogens with zero attached hydrogens (tertiary/aromatic N) is 2. The van der Waals surface area contributed by atoms with Crippen molar-refractivity contribution >= 4 is 29.9 Å². The van der Waals surface area contributed by atoms with Crippen LogP contribution in [0.2, 0.25) is 0 Å². The first kappa shape index (κ1) is 18.5. The quantitative estimate of drug-likeness (QED) is 0.444. The number of benzene rings is 1.